The van der Waals surface area contributed by atoms with Crippen LogP contribution in [-0.4, -0.2) is 18.5 Å². The minimum absolute atomic E-state index is 0.203. The van der Waals surface area contributed by atoms with E-state index in [1.807, 2.05) is 42.5 Å². The SMILES string of the molecule is CCOC(=O)c1c(NC(=O)c2ccc(Cc3ccccc3)cc2)sc2c1CCCC2. The number of amides is 1. The first-order valence-electron chi connectivity index (χ1n) is 10.4. The minimum atomic E-state index is -0.342. The number of rotatable bonds is 6. The van der Waals surface area contributed by atoms with E-state index in [4.69, 9.17) is 4.74 Å². The molecule has 0 aliphatic heterocycles. The molecule has 1 heterocycles. The van der Waals surface area contributed by atoms with E-state index in [1.54, 1.807) is 6.92 Å². The summed E-state index contributed by atoms with van der Waals surface area (Å²) in [4.78, 5) is 26.6. The van der Waals surface area contributed by atoms with Crippen LogP contribution < -0.4 is 5.32 Å². The maximum atomic E-state index is 12.9. The standard InChI is InChI=1S/C25H25NO3S/c1-2-29-25(28)22-20-10-6-7-11-21(20)30-24(22)26-23(27)19-14-12-18(13-15-19)16-17-8-4-3-5-9-17/h3-5,8-9,12-15H,2,6-7,10-11,16H2,1H3,(H,26,27). The fourth-order valence-corrected chi connectivity index (χ4v) is 5.13. The van der Waals surface area contributed by atoms with Crippen molar-refractivity contribution in [2.45, 2.75) is 39.0 Å². The highest BCUT2D eigenvalue weighted by molar-refractivity contribution is 7.17. The van der Waals surface area contributed by atoms with Crippen LogP contribution in [0.25, 0.3) is 0 Å². The number of carbonyl (C=O) groups excluding carboxylic acids is 2. The van der Waals surface area contributed by atoms with Gasteiger partial charge in [-0.05, 0) is 67.9 Å². The van der Waals surface area contributed by atoms with E-state index in [9.17, 15) is 9.59 Å². The van der Waals surface area contributed by atoms with Gasteiger partial charge in [0.15, 0.2) is 0 Å². The molecule has 154 valence electrons. The number of esters is 1. The van der Waals surface area contributed by atoms with Crippen LogP contribution in [0.5, 0.6) is 0 Å². The number of aryl methyl sites for hydroxylation is 1. The quantitative estimate of drug-likeness (QED) is 0.526. The molecule has 0 atom stereocenters. The summed E-state index contributed by atoms with van der Waals surface area (Å²) in [5.41, 5.74) is 4.56. The zero-order valence-electron chi connectivity index (χ0n) is 17.1. The normalized spacial score (nSPS) is 12.8. The van der Waals surface area contributed by atoms with Crippen molar-refractivity contribution in [3.05, 3.63) is 87.3 Å². The lowest BCUT2D eigenvalue weighted by Crippen LogP contribution is -2.15. The summed E-state index contributed by atoms with van der Waals surface area (Å²) < 4.78 is 5.27. The van der Waals surface area contributed by atoms with Crippen LogP contribution in [0.1, 0.15) is 62.0 Å². The molecular formula is C25H25NO3S. The van der Waals surface area contributed by atoms with E-state index in [0.29, 0.717) is 22.7 Å². The summed E-state index contributed by atoms with van der Waals surface area (Å²) in [7, 11) is 0. The molecule has 5 heteroatoms. The summed E-state index contributed by atoms with van der Waals surface area (Å²) in [6.45, 7) is 2.12. The van der Waals surface area contributed by atoms with Crippen molar-refractivity contribution in [3.63, 3.8) is 0 Å². The predicted molar refractivity (Wildman–Crippen MR) is 121 cm³/mol. The molecule has 0 saturated carbocycles. The fraction of sp³-hybridized carbons (Fsp3) is 0.280. The molecule has 2 aromatic carbocycles. The molecule has 0 bridgehead atoms. The number of carbonyl (C=O) groups is 2. The molecule has 0 fully saturated rings. The van der Waals surface area contributed by atoms with Gasteiger partial charge in [-0.3, -0.25) is 4.79 Å². The Morgan fingerprint density at radius 1 is 0.967 bits per heavy atom. The Labute approximate surface area is 180 Å². The maximum absolute atomic E-state index is 12.9. The van der Waals surface area contributed by atoms with Gasteiger partial charge >= 0.3 is 5.97 Å². The van der Waals surface area contributed by atoms with Gasteiger partial charge < -0.3 is 10.1 Å². The lowest BCUT2D eigenvalue weighted by molar-refractivity contribution is 0.0526. The zero-order chi connectivity index (χ0) is 20.9. The second-order valence-electron chi connectivity index (χ2n) is 7.45. The van der Waals surface area contributed by atoms with Gasteiger partial charge in [-0.1, -0.05) is 42.5 Å². The van der Waals surface area contributed by atoms with E-state index in [0.717, 1.165) is 43.2 Å². The van der Waals surface area contributed by atoms with Gasteiger partial charge in [-0.15, -0.1) is 11.3 Å². The van der Waals surface area contributed by atoms with Gasteiger partial charge in [0.1, 0.15) is 5.00 Å². The Morgan fingerprint density at radius 3 is 2.40 bits per heavy atom. The molecule has 0 unspecified atom stereocenters. The highest BCUT2D eigenvalue weighted by Crippen LogP contribution is 2.38. The molecule has 1 N–H and O–H groups in total. The Balaban J connectivity index is 1.52. The van der Waals surface area contributed by atoms with Crippen LogP contribution in [0.2, 0.25) is 0 Å². The van der Waals surface area contributed by atoms with Crippen LogP contribution in [0, 0.1) is 0 Å². The average Bonchev–Trinajstić information content (AvgIpc) is 3.13. The number of hydrogen-bond acceptors (Lipinski definition) is 4. The minimum Gasteiger partial charge on any atom is -0.462 e. The fourth-order valence-electron chi connectivity index (χ4n) is 3.85. The third-order valence-corrected chi connectivity index (χ3v) is 6.55. The van der Waals surface area contributed by atoms with Gasteiger partial charge in [0, 0.05) is 10.4 Å². The maximum Gasteiger partial charge on any atom is 0.341 e. The van der Waals surface area contributed by atoms with Crippen molar-refractivity contribution in [1.82, 2.24) is 0 Å². The zero-order valence-corrected chi connectivity index (χ0v) is 17.9. The van der Waals surface area contributed by atoms with Crippen molar-refractivity contribution in [2.75, 3.05) is 11.9 Å². The summed E-state index contributed by atoms with van der Waals surface area (Å²) in [6, 6.07) is 17.9. The lowest BCUT2D eigenvalue weighted by Gasteiger charge is -2.12. The number of thiophene rings is 1. The first-order valence-corrected chi connectivity index (χ1v) is 11.2. The monoisotopic (exact) mass is 419 g/mol. The first-order chi connectivity index (χ1) is 14.7. The molecule has 4 rings (SSSR count). The number of benzene rings is 2. The van der Waals surface area contributed by atoms with Crippen LogP contribution >= 0.6 is 11.3 Å². The first kappa shape index (κ1) is 20.4. The molecule has 0 spiro atoms. The Kier molecular flexibility index (Phi) is 6.29. The van der Waals surface area contributed by atoms with Crippen LogP contribution in [0.3, 0.4) is 0 Å². The van der Waals surface area contributed by atoms with Gasteiger partial charge in [-0.2, -0.15) is 0 Å². The van der Waals surface area contributed by atoms with Gasteiger partial charge in [-0.25, -0.2) is 4.79 Å². The van der Waals surface area contributed by atoms with E-state index < -0.39 is 0 Å². The number of hydrogen-bond donors (Lipinski definition) is 1. The van der Waals surface area contributed by atoms with Crippen molar-refractivity contribution < 1.29 is 14.3 Å². The Hall–Kier alpha value is -2.92. The highest BCUT2D eigenvalue weighted by Gasteiger charge is 2.27. The molecule has 0 saturated heterocycles. The molecule has 30 heavy (non-hydrogen) atoms. The molecule has 4 nitrogen and oxygen atoms in total. The molecular weight excluding hydrogens is 394 g/mol. The number of ether oxygens (including phenoxy) is 1. The Morgan fingerprint density at radius 2 is 1.67 bits per heavy atom. The van der Waals surface area contributed by atoms with E-state index in [-0.39, 0.29) is 11.9 Å². The summed E-state index contributed by atoms with van der Waals surface area (Å²) in [6.07, 6.45) is 4.83. The second-order valence-corrected chi connectivity index (χ2v) is 8.55. The third kappa shape index (κ3) is 4.46. The molecule has 3 aromatic rings. The van der Waals surface area contributed by atoms with Crippen LogP contribution in [-0.2, 0) is 24.0 Å². The van der Waals surface area contributed by atoms with Gasteiger partial charge in [0.25, 0.3) is 5.91 Å². The average molecular weight is 420 g/mol. The summed E-state index contributed by atoms with van der Waals surface area (Å²) in [5.74, 6) is -0.546. The lowest BCUT2D eigenvalue weighted by atomic mass is 9.95. The van der Waals surface area contributed by atoms with Crippen molar-refractivity contribution in [3.8, 4) is 0 Å². The molecule has 1 amide bonds. The summed E-state index contributed by atoms with van der Waals surface area (Å²) >= 11 is 1.51. The van der Waals surface area contributed by atoms with Crippen LogP contribution in [0.15, 0.2) is 54.6 Å². The predicted octanol–water partition coefficient (Wildman–Crippen LogP) is 5.65. The van der Waals surface area contributed by atoms with Crippen molar-refractivity contribution in [1.29, 1.82) is 0 Å². The smallest absolute Gasteiger partial charge is 0.341 e. The Bertz CT molecular complexity index is 1040. The van der Waals surface area contributed by atoms with E-state index in [1.165, 1.54) is 21.8 Å². The number of nitrogens with one attached hydrogen (secondary N) is 1. The molecule has 1 aliphatic rings. The van der Waals surface area contributed by atoms with Gasteiger partial charge in [0.05, 0.1) is 12.2 Å². The van der Waals surface area contributed by atoms with Gasteiger partial charge in [0.2, 0.25) is 0 Å². The van der Waals surface area contributed by atoms with Crippen molar-refractivity contribution in [2.24, 2.45) is 0 Å². The highest BCUT2D eigenvalue weighted by atomic mass is 32.1. The molecule has 1 aromatic heterocycles. The van der Waals surface area contributed by atoms with E-state index in [2.05, 4.69) is 17.4 Å². The second kappa shape index (κ2) is 9.26. The third-order valence-electron chi connectivity index (χ3n) is 5.35. The topological polar surface area (TPSA) is 55.4 Å². The van der Waals surface area contributed by atoms with E-state index >= 15 is 0 Å². The molecule has 1 aliphatic carbocycles. The van der Waals surface area contributed by atoms with Crippen LogP contribution in [0.4, 0.5) is 5.00 Å². The summed E-state index contributed by atoms with van der Waals surface area (Å²) in [5, 5.41) is 3.58. The molecule has 0 radical (unpaired) electrons. The number of fused-ring (bicyclic) bond motifs is 1. The largest absolute Gasteiger partial charge is 0.462 e. The van der Waals surface area contributed by atoms with Crippen molar-refractivity contribution >= 4 is 28.2 Å². The number of anilines is 1.